The van der Waals surface area contributed by atoms with E-state index in [2.05, 4.69) is 4.98 Å². The summed E-state index contributed by atoms with van der Waals surface area (Å²) < 4.78 is 0. The van der Waals surface area contributed by atoms with Crippen molar-refractivity contribution in [1.82, 2.24) is 4.98 Å². The number of carboxylic acid groups (broad SMARTS) is 1. The van der Waals surface area contributed by atoms with Crippen LogP contribution >= 0.6 is 11.3 Å². The van der Waals surface area contributed by atoms with Crippen molar-refractivity contribution in [2.75, 3.05) is 0 Å². The van der Waals surface area contributed by atoms with Crippen molar-refractivity contribution in [3.05, 3.63) is 16.6 Å². The van der Waals surface area contributed by atoms with E-state index in [1.807, 2.05) is 26.2 Å². The minimum atomic E-state index is -0.743. The summed E-state index contributed by atoms with van der Waals surface area (Å²) >= 11 is 1.51. The first-order valence-electron chi connectivity index (χ1n) is 4.52. The Kier molecular flexibility index (Phi) is 3.26. The molecular formula is C10H15NO2S. The third-order valence-electron chi connectivity index (χ3n) is 2.21. The number of hydrogen-bond donors (Lipinski definition) is 1. The zero-order valence-corrected chi connectivity index (χ0v) is 9.47. The highest BCUT2D eigenvalue weighted by atomic mass is 32.1. The van der Waals surface area contributed by atoms with Gasteiger partial charge in [0.05, 0.1) is 10.9 Å². The number of nitrogens with zero attached hydrogens (tertiary/aromatic N) is 1. The van der Waals surface area contributed by atoms with E-state index in [1.54, 1.807) is 6.20 Å². The van der Waals surface area contributed by atoms with Gasteiger partial charge in [-0.1, -0.05) is 20.8 Å². The van der Waals surface area contributed by atoms with Crippen LogP contribution in [0.1, 0.15) is 25.8 Å². The van der Waals surface area contributed by atoms with Crippen molar-refractivity contribution in [1.29, 1.82) is 0 Å². The third-order valence-corrected chi connectivity index (χ3v) is 3.01. The molecule has 0 aliphatic carbocycles. The van der Waals surface area contributed by atoms with E-state index in [9.17, 15) is 4.79 Å². The van der Waals surface area contributed by atoms with Crippen LogP contribution in [-0.2, 0) is 11.2 Å². The van der Waals surface area contributed by atoms with Crippen molar-refractivity contribution < 1.29 is 9.90 Å². The molecule has 0 aliphatic rings. The maximum Gasteiger partial charge on any atom is 0.307 e. The van der Waals surface area contributed by atoms with Gasteiger partial charge < -0.3 is 5.11 Å². The number of carboxylic acids is 1. The molecule has 0 aliphatic heterocycles. The van der Waals surface area contributed by atoms with Gasteiger partial charge in [0.1, 0.15) is 0 Å². The molecule has 78 valence electrons. The SMILES string of the molecule is CC(C)(C)C(Cc1nccs1)C(=O)O. The number of aromatic nitrogens is 1. The molecule has 14 heavy (non-hydrogen) atoms. The van der Waals surface area contributed by atoms with Crippen LogP contribution in [-0.4, -0.2) is 16.1 Å². The third kappa shape index (κ3) is 2.80. The smallest absolute Gasteiger partial charge is 0.307 e. The maximum absolute atomic E-state index is 11.0. The lowest BCUT2D eigenvalue weighted by Gasteiger charge is -2.26. The fraction of sp³-hybridized carbons (Fsp3) is 0.600. The Bertz CT molecular complexity index is 300. The van der Waals surface area contributed by atoms with Crippen LogP contribution in [0.25, 0.3) is 0 Å². The molecular weight excluding hydrogens is 198 g/mol. The Morgan fingerprint density at radius 3 is 2.64 bits per heavy atom. The molecule has 4 heteroatoms. The number of thiazole rings is 1. The van der Waals surface area contributed by atoms with Gasteiger partial charge in [0.25, 0.3) is 0 Å². The molecule has 0 spiro atoms. The second-order valence-corrected chi connectivity index (χ2v) is 5.37. The van der Waals surface area contributed by atoms with E-state index < -0.39 is 5.97 Å². The van der Waals surface area contributed by atoms with E-state index in [1.165, 1.54) is 11.3 Å². The quantitative estimate of drug-likeness (QED) is 0.839. The summed E-state index contributed by atoms with van der Waals surface area (Å²) in [6, 6.07) is 0. The molecule has 3 nitrogen and oxygen atoms in total. The van der Waals surface area contributed by atoms with Crippen molar-refractivity contribution in [2.24, 2.45) is 11.3 Å². The molecule has 0 radical (unpaired) electrons. The molecule has 0 bridgehead atoms. The molecule has 1 atom stereocenters. The highest BCUT2D eigenvalue weighted by molar-refractivity contribution is 7.09. The van der Waals surface area contributed by atoms with Crippen molar-refractivity contribution in [3.8, 4) is 0 Å². The van der Waals surface area contributed by atoms with Gasteiger partial charge in [-0.05, 0) is 5.41 Å². The van der Waals surface area contributed by atoms with Gasteiger partial charge >= 0.3 is 5.97 Å². The second-order valence-electron chi connectivity index (χ2n) is 4.39. The zero-order chi connectivity index (χ0) is 10.8. The summed E-state index contributed by atoms with van der Waals surface area (Å²) in [5.74, 6) is -1.11. The Hall–Kier alpha value is -0.900. The van der Waals surface area contributed by atoms with Crippen LogP contribution in [0.2, 0.25) is 0 Å². The molecule has 0 saturated heterocycles. The summed E-state index contributed by atoms with van der Waals surface area (Å²) in [6.07, 6.45) is 2.23. The van der Waals surface area contributed by atoms with Crippen LogP contribution in [0, 0.1) is 11.3 Å². The molecule has 1 rings (SSSR count). The van der Waals surface area contributed by atoms with Crippen LogP contribution in [0.15, 0.2) is 11.6 Å². The Balaban J connectivity index is 2.76. The molecule has 1 unspecified atom stereocenters. The van der Waals surface area contributed by atoms with E-state index in [0.717, 1.165) is 5.01 Å². The largest absolute Gasteiger partial charge is 0.481 e. The summed E-state index contributed by atoms with van der Waals surface area (Å²) in [5.41, 5.74) is -0.225. The number of aliphatic carboxylic acids is 1. The highest BCUT2D eigenvalue weighted by Gasteiger charge is 2.31. The predicted molar refractivity (Wildman–Crippen MR) is 56.4 cm³/mol. The summed E-state index contributed by atoms with van der Waals surface area (Å²) in [6.45, 7) is 5.83. The lowest BCUT2D eigenvalue weighted by molar-refractivity contribution is -0.145. The van der Waals surface area contributed by atoms with Gasteiger partial charge in [-0.2, -0.15) is 0 Å². The van der Waals surface area contributed by atoms with Gasteiger partial charge in [0.15, 0.2) is 0 Å². The number of hydrogen-bond acceptors (Lipinski definition) is 3. The second kappa shape index (κ2) is 4.09. The molecule has 0 amide bonds. The Morgan fingerprint density at radius 1 is 1.64 bits per heavy atom. The first kappa shape index (κ1) is 11.2. The first-order valence-corrected chi connectivity index (χ1v) is 5.40. The normalized spacial score (nSPS) is 13.9. The fourth-order valence-corrected chi connectivity index (χ4v) is 1.96. The van der Waals surface area contributed by atoms with Crippen molar-refractivity contribution in [3.63, 3.8) is 0 Å². The van der Waals surface area contributed by atoms with Gasteiger partial charge in [0, 0.05) is 18.0 Å². The van der Waals surface area contributed by atoms with Crippen LogP contribution in [0.4, 0.5) is 0 Å². The zero-order valence-electron chi connectivity index (χ0n) is 8.65. The molecule has 0 saturated carbocycles. The van der Waals surface area contributed by atoms with Gasteiger partial charge in [0.2, 0.25) is 0 Å². The lowest BCUT2D eigenvalue weighted by atomic mass is 9.79. The lowest BCUT2D eigenvalue weighted by Crippen LogP contribution is -2.30. The highest BCUT2D eigenvalue weighted by Crippen LogP contribution is 2.29. The van der Waals surface area contributed by atoms with E-state index in [4.69, 9.17) is 5.11 Å². The summed E-state index contributed by atoms with van der Waals surface area (Å²) in [4.78, 5) is 15.2. The molecule has 0 fully saturated rings. The monoisotopic (exact) mass is 213 g/mol. The average molecular weight is 213 g/mol. The van der Waals surface area contributed by atoms with Gasteiger partial charge in [-0.3, -0.25) is 4.79 Å². The van der Waals surface area contributed by atoms with E-state index >= 15 is 0 Å². The van der Waals surface area contributed by atoms with Crippen molar-refractivity contribution in [2.45, 2.75) is 27.2 Å². The molecule has 0 aromatic carbocycles. The van der Waals surface area contributed by atoms with Crippen molar-refractivity contribution >= 4 is 17.3 Å². The molecule has 1 N–H and O–H groups in total. The van der Waals surface area contributed by atoms with Crippen LogP contribution < -0.4 is 0 Å². The van der Waals surface area contributed by atoms with E-state index in [-0.39, 0.29) is 11.3 Å². The molecule has 1 aromatic rings. The topological polar surface area (TPSA) is 50.2 Å². The maximum atomic E-state index is 11.0. The standard InChI is InChI=1S/C10H15NO2S/c1-10(2,3)7(9(12)13)6-8-11-4-5-14-8/h4-5,7H,6H2,1-3H3,(H,12,13). The minimum absolute atomic E-state index is 0.225. The molecule has 1 aromatic heterocycles. The Morgan fingerprint density at radius 2 is 2.29 bits per heavy atom. The Labute approximate surface area is 87.8 Å². The first-order chi connectivity index (χ1) is 6.41. The predicted octanol–water partition coefficient (Wildman–Crippen LogP) is 2.43. The number of carbonyl (C=O) groups is 1. The van der Waals surface area contributed by atoms with Gasteiger partial charge in [-0.15, -0.1) is 11.3 Å². The summed E-state index contributed by atoms with van der Waals surface area (Å²) in [5, 5.41) is 11.9. The minimum Gasteiger partial charge on any atom is -0.481 e. The van der Waals surface area contributed by atoms with Crippen LogP contribution in [0.5, 0.6) is 0 Å². The van der Waals surface area contributed by atoms with E-state index in [0.29, 0.717) is 6.42 Å². The fourth-order valence-electron chi connectivity index (χ4n) is 1.29. The van der Waals surface area contributed by atoms with Gasteiger partial charge in [-0.25, -0.2) is 4.98 Å². The average Bonchev–Trinajstić information content (AvgIpc) is 2.48. The van der Waals surface area contributed by atoms with Crippen LogP contribution in [0.3, 0.4) is 0 Å². The molecule has 1 heterocycles. The summed E-state index contributed by atoms with van der Waals surface area (Å²) in [7, 11) is 0. The number of rotatable bonds is 3.